The Morgan fingerprint density at radius 1 is 1.12 bits per heavy atom. The Labute approximate surface area is 187 Å². The van der Waals surface area contributed by atoms with Crippen molar-refractivity contribution < 1.29 is 4.79 Å². The summed E-state index contributed by atoms with van der Waals surface area (Å²) in [6, 6.07) is 15.9. The third-order valence-electron chi connectivity index (χ3n) is 6.19. The van der Waals surface area contributed by atoms with E-state index in [4.69, 9.17) is 0 Å². The topological polar surface area (TPSA) is 78.8 Å². The van der Waals surface area contributed by atoms with Crippen LogP contribution >= 0.6 is 0 Å². The molecule has 0 bridgehead atoms. The van der Waals surface area contributed by atoms with Crippen LogP contribution in [0.25, 0.3) is 22.4 Å². The molecule has 164 valence electrons. The van der Waals surface area contributed by atoms with Crippen LogP contribution in [0.4, 0.5) is 5.69 Å². The van der Waals surface area contributed by atoms with Crippen LogP contribution in [-0.4, -0.2) is 43.6 Å². The number of H-pyrrole nitrogens is 1. The van der Waals surface area contributed by atoms with Crippen LogP contribution in [0, 0.1) is 5.92 Å². The quantitative estimate of drug-likeness (QED) is 0.480. The molecule has 7 heteroatoms. The van der Waals surface area contributed by atoms with Crippen molar-refractivity contribution in [2.45, 2.75) is 32.9 Å². The fraction of sp³-hybridized carbons (Fsp3) is 0.320. The van der Waals surface area contributed by atoms with E-state index in [0.717, 1.165) is 67.1 Å². The zero-order valence-electron chi connectivity index (χ0n) is 18.3. The molecule has 1 saturated heterocycles. The van der Waals surface area contributed by atoms with Crippen molar-refractivity contribution in [3.8, 4) is 11.4 Å². The number of imidazole rings is 1. The molecule has 0 atom stereocenters. The molecule has 32 heavy (non-hydrogen) atoms. The first-order chi connectivity index (χ1) is 15.7. The molecule has 2 aromatic heterocycles. The van der Waals surface area contributed by atoms with Crippen molar-refractivity contribution in [1.82, 2.24) is 24.6 Å². The van der Waals surface area contributed by atoms with Crippen LogP contribution in [0.3, 0.4) is 0 Å². The summed E-state index contributed by atoms with van der Waals surface area (Å²) in [7, 11) is 0. The number of piperidine rings is 1. The predicted molar refractivity (Wildman–Crippen MR) is 126 cm³/mol. The van der Waals surface area contributed by atoms with E-state index in [-0.39, 0.29) is 11.8 Å². The first-order valence-electron chi connectivity index (χ1n) is 11.3. The Bertz CT molecular complexity index is 1170. The van der Waals surface area contributed by atoms with Crippen molar-refractivity contribution in [2.75, 3.05) is 18.4 Å². The van der Waals surface area contributed by atoms with Gasteiger partial charge in [0.15, 0.2) is 0 Å². The fourth-order valence-electron chi connectivity index (χ4n) is 4.32. The molecule has 1 amide bonds. The molecule has 2 aromatic carbocycles. The van der Waals surface area contributed by atoms with E-state index in [1.165, 1.54) is 5.56 Å². The number of amides is 1. The second-order valence-electron chi connectivity index (χ2n) is 8.42. The highest BCUT2D eigenvalue weighted by Crippen LogP contribution is 2.24. The average Bonchev–Trinajstić information content (AvgIpc) is 3.47. The Kier molecular flexibility index (Phi) is 5.73. The average molecular weight is 429 g/mol. The van der Waals surface area contributed by atoms with Crippen LogP contribution in [0.5, 0.6) is 0 Å². The van der Waals surface area contributed by atoms with Crippen molar-refractivity contribution in [3.63, 3.8) is 0 Å². The largest absolute Gasteiger partial charge is 0.338 e. The molecule has 0 radical (unpaired) electrons. The van der Waals surface area contributed by atoms with Gasteiger partial charge in [0, 0.05) is 42.0 Å². The maximum Gasteiger partial charge on any atom is 0.227 e. The van der Waals surface area contributed by atoms with E-state index in [1.807, 2.05) is 59.4 Å². The Hall–Kier alpha value is -3.45. The number of aryl methyl sites for hydroxylation is 1. The van der Waals surface area contributed by atoms with Gasteiger partial charge in [-0.25, -0.2) is 4.98 Å². The number of rotatable bonds is 6. The number of para-hydroxylation sites is 2. The summed E-state index contributed by atoms with van der Waals surface area (Å²) >= 11 is 0. The third-order valence-corrected chi connectivity index (χ3v) is 6.19. The Balaban J connectivity index is 1.15. The first kappa shape index (κ1) is 20.5. The van der Waals surface area contributed by atoms with Gasteiger partial charge >= 0.3 is 0 Å². The smallest absolute Gasteiger partial charge is 0.227 e. The number of hydrogen-bond donors (Lipinski definition) is 2. The number of hydrogen-bond acceptors (Lipinski definition) is 4. The summed E-state index contributed by atoms with van der Waals surface area (Å²) in [5, 5.41) is 7.44. The van der Waals surface area contributed by atoms with Crippen LogP contribution < -0.4 is 5.32 Å². The maximum absolute atomic E-state index is 12.8. The molecular formula is C25H28N6O. The number of carbonyl (C=O) groups excluding carboxylic acids is 1. The minimum atomic E-state index is 0.0552. The first-order valence-corrected chi connectivity index (χ1v) is 11.3. The number of nitrogens with zero attached hydrogens (tertiary/aromatic N) is 4. The molecular weight excluding hydrogens is 400 g/mol. The van der Waals surface area contributed by atoms with Gasteiger partial charge in [-0.3, -0.25) is 14.4 Å². The number of likely N-dealkylation sites (tertiary alicyclic amines) is 1. The zero-order valence-corrected chi connectivity index (χ0v) is 18.3. The lowest BCUT2D eigenvalue weighted by molar-refractivity contribution is -0.121. The van der Waals surface area contributed by atoms with Gasteiger partial charge in [0.05, 0.1) is 17.2 Å². The third kappa shape index (κ3) is 4.43. The molecule has 0 spiro atoms. The summed E-state index contributed by atoms with van der Waals surface area (Å²) in [5.74, 6) is 1.00. The molecule has 3 heterocycles. The lowest BCUT2D eigenvalue weighted by atomic mass is 9.95. The van der Waals surface area contributed by atoms with Crippen molar-refractivity contribution >= 4 is 22.6 Å². The van der Waals surface area contributed by atoms with Gasteiger partial charge in [0.2, 0.25) is 5.91 Å². The summed E-state index contributed by atoms with van der Waals surface area (Å²) < 4.78 is 1.95. The number of benzene rings is 2. The second-order valence-corrected chi connectivity index (χ2v) is 8.42. The second kappa shape index (κ2) is 8.96. The summed E-state index contributed by atoms with van der Waals surface area (Å²) in [5.41, 5.74) is 5.03. The summed E-state index contributed by atoms with van der Waals surface area (Å²) in [6.07, 6.45) is 5.81. The number of nitrogens with one attached hydrogen (secondary N) is 2. The number of aromatic nitrogens is 4. The predicted octanol–water partition coefficient (Wildman–Crippen LogP) is 4.30. The van der Waals surface area contributed by atoms with E-state index < -0.39 is 0 Å². The number of aromatic amines is 1. The van der Waals surface area contributed by atoms with Crippen molar-refractivity contribution in [3.05, 3.63) is 66.5 Å². The SMILES string of the molecule is CCn1cc(CN2CCC(C(=O)Nc3ccc(-c4nc5ccccc5[nH]4)cc3)CC2)cn1. The summed E-state index contributed by atoms with van der Waals surface area (Å²) in [4.78, 5) is 23.2. The van der Waals surface area contributed by atoms with E-state index in [1.54, 1.807) is 0 Å². The lowest BCUT2D eigenvalue weighted by Crippen LogP contribution is -2.37. The molecule has 4 aromatic rings. The summed E-state index contributed by atoms with van der Waals surface area (Å²) in [6.45, 7) is 5.74. The van der Waals surface area contributed by atoms with Gasteiger partial charge in [-0.15, -0.1) is 0 Å². The van der Waals surface area contributed by atoms with E-state index >= 15 is 0 Å². The van der Waals surface area contributed by atoms with Gasteiger partial charge in [-0.1, -0.05) is 12.1 Å². The van der Waals surface area contributed by atoms with E-state index in [2.05, 4.69) is 38.4 Å². The van der Waals surface area contributed by atoms with Crippen LogP contribution in [0.2, 0.25) is 0 Å². The highest BCUT2D eigenvalue weighted by atomic mass is 16.1. The highest BCUT2D eigenvalue weighted by molar-refractivity contribution is 5.93. The minimum Gasteiger partial charge on any atom is -0.338 e. The van der Waals surface area contributed by atoms with Gasteiger partial charge < -0.3 is 10.3 Å². The van der Waals surface area contributed by atoms with Gasteiger partial charge in [-0.2, -0.15) is 5.10 Å². The van der Waals surface area contributed by atoms with Crippen molar-refractivity contribution in [1.29, 1.82) is 0 Å². The molecule has 0 saturated carbocycles. The molecule has 0 unspecified atom stereocenters. The molecule has 0 aliphatic carbocycles. The maximum atomic E-state index is 12.8. The van der Waals surface area contributed by atoms with Gasteiger partial charge in [0.1, 0.15) is 5.82 Å². The molecule has 5 rings (SSSR count). The standard InChI is InChI=1S/C25H28N6O/c1-2-31-17-18(15-26-31)16-30-13-11-20(12-14-30)25(32)27-21-9-7-19(8-10-21)24-28-22-5-3-4-6-23(22)29-24/h3-10,15,17,20H,2,11-14,16H2,1H3,(H,27,32)(H,28,29). The van der Waals surface area contributed by atoms with Gasteiger partial charge in [0.25, 0.3) is 0 Å². The van der Waals surface area contributed by atoms with Gasteiger partial charge in [-0.05, 0) is 69.3 Å². The van der Waals surface area contributed by atoms with Crippen LogP contribution in [-0.2, 0) is 17.9 Å². The van der Waals surface area contributed by atoms with E-state index in [9.17, 15) is 4.79 Å². The molecule has 1 fully saturated rings. The fourth-order valence-corrected chi connectivity index (χ4v) is 4.32. The van der Waals surface area contributed by atoms with E-state index in [0.29, 0.717) is 0 Å². The normalized spacial score (nSPS) is 15.3. The number of carbonyl (C=O) groups is 1. The van der Waals surface area contributed by atoms with Crippen LogP contribution in [0.1, 0.15) is 25.3 Å². The lowest BCUT2D eigenvalue weighted by Gasteiger charge is -2.30. The highest BCUT2D eigenvalue weighted by Gasteiger charge is 2.25. The minimum absolute atomic E-state index is 0.0552. The molecule has 7 nitrogen and oxygen atoms in total. The number of anilines is 1. The molecule has 1 aliphatic rings. The Morgan fingerprint density at radius 3 is 2.62 bits per heavy atom. The Morgan fingerprint density at radius 2 is 1.91 bits per heavy atom. The van der Waals surface area contributed by atoms with Crippen molar-refractivity contribution in [2.24, 2.45) is 5.92 Å². The molecule has 2 N–H and O–H groups in total. The monoisotopic (exact) mass is 428 g/mol. The van der Waals surface area contributed by atoms with Crippen LogP contribution in [0.15, 0.2) is 60.9 Å². The molecule has 1 aliphatic heterocycles. The zero-order chi connectivity index (χ0) is 21.9. The number of fused-ring (bicyclic) bond motifs is 1.